The Morgan fingerprint density at radius 1 is 1.70 bits per heavy atom. The molecule has 1 aliphatic heterocycles. The average molecular weight is 158 g/mol. The zero-order chi connectivity index (χ0) is 7.56. The molecule has 0 bridgehead atoms. The maximum Gasteiger partial charge on any atom is 0.0273 e. The molecule has 3 heteroatoms. The largest absolute Gasteiger partial charge is 0.308 e. The Balaban J connectivity index is 2.24. The van der Waals surface area contributed by atoms with Crippen LogP contribution in [-0.2, 0) is 0 Å². The minimum absolute atomic E-state index is 0.600. The van der Waals surface area contributed by atoms with Crippen LogP contribution < -0.4 is 5.32 Å². The van der Waals surface area contributed by atoms with Gasteiger partial charge >= 0.3 is 0 Å². The van der Waals surface area contributed by atoms with Crippen LogP contribution in [0, 0.1) is 0 Å². The lowest BCUT2D eigenvalue weighted by molar-refractivity contribution is 0.359. The Hall–Kier alpha value is 0.01000. The van der Waals surface area contributed by atoms with E-state index in [2.05, 4.69) is 24.3 Å². The fourth-order valence-electron chi connectivity index (χ4n) is 1.25. The van der Waals surface area contributed by atoms with Gasteiger partial charge in [0.2, 0.25) is 0 Å². The molecular weight excluding hydrogens is 144 g/mol. The molecule has 1 unspecified atom stereocenters. The van der Waals surface area contributed by atoms with Crippen molar-refractivity contribution >= 4 is 17.1 Å². The van der Waals surface area contributed by atoms with Crippen LogP contribution in [0.5, 0.6) is 0 Å². The lowest BCUT2D eigenvalue weighted by atomic mass is 10.2. The molecule has 0 aromatic carbocycles. The van der Waals surface area contributed by atoms with Crippen LogP contribution in [0.1, 0.15) is 6.42 Å². The molecule has 0 aromatic heterocycles. The maximum atomic E-state index is 5.07. The zero-order valence-corrected chi connectivity index (χ0v) is 7.37. The summed E-state index contributed by atoms with van der Waals surface area (Å²) < 4.78 is 0. The van der Waals surface area contributed by atoms with E-state index >= 15 is 0 Å². The van der Waals surface area contributed by atoms with E-state index in [0.717, 1.165) is 19.5 Å². The summed E-state index contributed by atoms with van der Waals surface area (Å²) in [6.07, 6.45) is 1.08. The molecule has 1 atom stereocenters. The van der Waals surface area contributed by atoms with Gasteiger partial charge in [0.15, 0.2) is 0 Å². The highest BCUT2D eigenvalue weighted by Gasteiger charge is 2.18. The van der Waals surface area contributed by atoms with E-state index in [4.69, 9.17) is 12.2 Å². The van der Waals surface area contributed by atoms with Gasteiger partial charge < -0.3 is 10.2 Å². The lowest BCUT2D eigenvalue weighted by Gasteiger charge is -2.14. The molecule has 1 N–H and O–H groups in total. The van der Waals surface area contributed by atoms with Gasteiger partial charge in [-0.1, -0.05) is 12.2 Å². The van der Waals surface area contributed by atoms with Crippen molar-refractivity contribution in [3.63, 3.8) is 0 Å². The Kier molecular flexibility index (Phi) is 2.77. The van der Waals surface area contributed by atoms with Crippen LogP contribution in [0.2, 0.25) is 0 Å². The number of hydrogen-bond acceptors (Lipinski definition) is 3. The summed E-state index contributed by atoms with van der Waals surface area (Å²) in [5.41, 5.74) is 0. The van der Waals surface area contributed by atoms with E-state index in [1.807, 2.05) is 0 Å². The molecule has 1 saturated heterocycles. The van der Waals surface area contributed by atoms with Gasteiger partial charge in [0, 0.05) is 24.0 Å². The highest BCUT2D eigenvalue weighted by Crippen LogP contribution is 2.03. The smallest absolute Gasteiger partial charge is 0.0273 e. The van der Waals surface area contributed by atoms with Crippen molar-refractivity contribution in [3.05, 3.63) is 0 Å². The molecular formula is C7H14N2S. The number of rotatable bonds is 2. The van der Waals surface area contributed by atoms with Crippen LogP contribution in [0.3, 0.4) is 0 Å². The summed E-state index contributed by atoms with van der Waals surface area (Å²) >= 11 is 5.07. The molecule has 2 nitrogen and oxygen atoms in total. The molecule has 1 fully saturated rings. The molecule has 0 saturated carbocycles. The topological polar surface area (TPSA) is 15.3 Å². The number of thiocarbonyl (C=S) groups is 1. The van der Waals surface area contributed by atoms with E-state index in [1.165, 1.54) is 4.86 Å². The number of nitrogens with zero attached hydrogens (tertiary/aromatic N) is 1. The van der Waals surface area contributed by atoms with E-state index < -0.39 is 0 Å². The van der Waals surface area contributed by atoms with Crippen LogP contribution in [-0.4, -0.2) is 43.0 Å². The second-order valence-corrected chi connectivity index (χ2v) is 3.66. The Morgan fingerprint density at radius 2 is 2.40 bits per heavy atom. The first-order chi connectivity index (χ1) is 4.68. The minimum atomic E-state index is 0.600. The van der Waals surface area contributed by atoms with E-state index in [9.17, 15) is 0 Å². The lowest BCUT2D eigenvalue weighted by Crippen LogP contribution is -2.33. The Bertz CT molecular complexity index is 134. The summed E-state index contributed by atoms with van der Waals surface area (Å²) in [7, 11) is 4.17. The van der Waals surface area contributed by atoms with Gasteiger partial charge in [-0.3, -0.25) is 0 Å². The van der Waals surface area contributed by atoms with Crippen LogP contribution in [0.15, 0.2) is 0 Å². The van der Waals surface area contributed by atoms with Crippen LogP contribution in [0.25, 0.3) is 0 Å². The van der Waals surface area contributed by atoms with Crippen LogP contribution in [0.4, 0.5) is 0 Å². The van der Waals surface area contributed by atoms with Gasteiger partial charge in [-0.05, 0) is 20.5 Å². The Morgan fingerprint density at radius 3 is 2.80 bits per heavy atom. The quantitative estimate of drug-likeness (QED) is 0.581. The number of nitrogens with one attached hydrogen (secondary N) is 1. The predicted molar refractivity (Wildman–Crippen MR) is 47.6 cm³/mol. The van der Waals surface area contributed by atoms with Crippen molar-refractivity contribution in [2.45, 2.75) is 12.5 Å². The van der Waals surface area contributed by atoms with E-state index in [0.29, 0.717) is 6.04 Å². The highest BCUT2D eigenvalue weighted by molar-refractivity contribution is 7.80. The van der Waals surface area contributed by atoms with Crippen molar-refractivity contribution < 1.29 is 0 Å². The third-order valence-corrected chi connectivity index (χ3v) is 1.96. The molecule has 10 heavy (non-hydrogen) atoms. The zero-order valence-electron chi connectivity index (χ0n) is 6.55. The average Bonchev–Trinajstić information content (AvgIpc) is 2.13. The van der Waals surface area contributed by atoms with Crippen molar-refractivity contribution in [3.8, 4) is 0 Å². The van der Waals surface area contributed by atoms with E-state index in [1.54, 1.807) is 0 Å². The third-order valence-electron chi connectivity index (χ3n) is 1.65. The van der Waals surface area contributed by atoms with Crippen molar-refractivity contribution in [1.29, 1.82) is 0 Å². The second-order valence-electron chi connectivity index (χ2n) is 3.08. The van der Waals surface area contributed by atoms with Gasteiger partial charge in [0.05, 0.1) is 0 Å². The minimum Gasteiger partial charge on any atom is -0.308 e. The first-order valence-corrected chi connectivity index (χ1v) is 3.99. The Labute approximate surface area is 67.6 Å². The van der Waals surface area contributed by atoms with E-state index in [-0.39, 0.29) is 0 Å². The van der Waals surface area contributed by atoms with Gasteiger partial charge in [-0.2, -0.15) is 0 Å². The standard InChI is InChI=1S/C7H14N2S/c1-9(2)5-6-3-7(10)4-8-6/h6,8H,3-5H2,1-2H3. The monoisotopic (exact) mass is 158 g/mol. The summed E-state index contributed by atoms with van der Waals surface area (Å²) in [5, 5.41) is 3.35. The molecule has 0 aromatic rings. The molecule has 58 valence electrons. The molecule has 0 spiro atoms. The molecule has 1 heterocycles. The van der Waals surface area contributed by atoms with Gasteiger partial charge in [0.1, 0.15) is 0 Å². The summed E-state index contributed by atoms with van der Waals surface area (Å²) in [4.78, 5) is 3.36. The van der Waals surface area contributed by atoms with Gasteiger partial charge in [0.25, 0.3) is 0 Å². The van der Waals surface area contributed by atoms with Gasteiger partial charge in [-0.15, -0.1) is 0 Å². The first-order valence-electron chi connectivity index (χ1n) is 3.58. The summed E-state index contributed by atoms with van der Waals surface area (Å²) in [6.45, 7) is 2.04. The maximum absolute atomic E-state index is 5.07. The number of hydrogen-bond donors (Lipinski definition) is 1. The summed E-state index contributed by atoms with van der Waals surface area (Å²) in [6, 6.07) is 0.600. The fraction of sp³-hybridized carbons (Fsp3) is 0.857. The normalized spacial score (nSPS) is 26.3. The van der Waals surface area contributed by atoms with Gasteiger partial charge in [-0.25, -0.2) is 0 Å². The van der Waals surface area contributed by atoms with Crippen LogP contribution >= 0.6 is 12.2 Å². The summed E-state index contributed by atoms with van der Waals surface area (Å²) in [5.74, 6) is 0. The van der Waals surface area contributed by atoms with Crippen molar-refractivity contribution in [2.24, 2.45) is 0 Å². The second kappa shape index (κ2) is 3.42. The number of likely N-dealkylation sites (N-methyl/N-ethyl adjacent to an activating group) is 1. The SMILES string of the molecule is CN(C)CC1CC(=S)CN1. The predicted octanol–water partition coefficient (Wildman–Crippen LogP) is 0.280. The molecule has 0 aliphatic carbocycles. The molecule has 0 radical (unpaired) electrons. The molecule has 0 amide bonds. The first kappa shape index (κ1) is 8.11. The molecule has 1 rings (SSSR count). The third kappa shape index (κ3) is 2.33. The van der Waals surface area contributed by atoms with Crippen molar-refractivity contribution in [1.82, 2.24) is 10.2 Å². The highest BCUT2D eigenvalue weighted by atomic mass is 32.1. The van der Waals surface area contributed by atoms with Crippen molar-refractivity contribution in [2.75, 3.05) is 27.2 Å². The fourth-order valence-corrected chi connectivity index (χ4v) is 1.53. The molecule has 1 aliphatic rings.